The number of rotatable bonds is 9. The van der Waals surface area contributed by atoms with E-state index in [4.69, 9.17) is 19.4 Å². The van der Waals surface area contributed by atoms with E-state index in [1.54, 1.807) is 30.1 Å². The molecule has 0 spiro atoms. The molecule has 0 bridgehead atoms. The Labute approximate surface area is 188 Å². The van der Waals surface area contributed by atoms with Gasteiger partial charge in [-0.15, -0.1) is 11.3 Å². The molecular weight excluding hydrogens is 430 g/mol. The standard InChI is InChI=1S/C23H23N3O3S2/c1-28-13-7-12-26-22(27)17-8-3-5-10-19(17)25-23(26)31-15-16-14-30-21(24-16)18-9-4-6-11-20(18)29-2/h3-6,8-11,14H,7,12-13,15H2,1-2H3. The first-order chi connectivity index (χ1) is 15.2. The van der Waals surface area contributed by atoms with E-state index in [1.807, 2.05) is 53.9 Å². The highest BCUT2D eigenvalue weighted by Gasteiger charge is 2.14. The fourth-order valence-electron chi connectivity index (χ4n) is 3.28. The number of thioether (sulfide) groups is 1. The van der Waals surface area contributed by atoms with E-state index in [2.05, 4.69) is 0 Å². The number of benzene rings is 2. The molecule has 0 saturated heterocycles. The van der Waals surface area contributed by atoms with Crippen LogP contribution >= 0.6 is 23.1 Å². The first kappa shape index (κ1) is 21.5. The van der Waals surface area contributed by atoms with Crippen LogP contribution in [0.4, 0.5) is 0 Å². The molecule has 6 nitrogen and oxygen atoms in total. The van der Waals surface area contributed by atoms with Crippen LogP contribution in [-0.4, -0.2) is 35.4 Å². The zero-order valence-electron chi connectivity index (χ0n) is 17.4. The van der Waals surface area contributed by atoms with Gasteiger partial charge in [0.05, 0.1) is 29.3 Å². The second-order valence-corrected chi connectivity index (χ2v) is 8.65. The Hall–Kier alpha value is -2.68. The Morgan fingerprint density at radius 3 is 2.71 bits per heavy atom. The number of fused-ring (bicyclic) bond motifs is 1. The zero-order chi connectivity index (χ0) is 21.6. The van der Waals surface area contributed by atoms with Gasteiger partial charge in [-0.05, 0) is 30.7 Å². The van der Waals surface area contributed by atoms with Crippen LogP contribution in [0.2, 0.25) is 0 Å². The molecule has 0 aliphatic heterocycles. The fourth-order valence-corrected chi connectivity index (χ4v) is 5.15. The van der Waals surface area contributed by atoms with Gasteiger partial charge in [0, 0.05) is 31.4 Å². The molecule has 2 aromatic heterocycles. The molecule has 0 N–H and O–H groups in total. The Balaban J connectivity index is 1.59. The predicted octanol–water partition coefficient (Wildman–Crippen LogP) is 4.86. The Bertz CT molecular complexity index is 1240. The van der Waals surface area contributed by atoms with Crippen molar-refractivity contribution in [1.82, 2.24) is 14.5 Å². The van der Waals surface area contributed by atoms with Gasteiger partial charge in [-0.1, -0.05) is 36.0 Å². The maximum Gasteiger partial charge on any atom is 0.262 e. The number of nitrogens with zero attached hydrogens (tertiary/aromatic N) is 3. The first-order valence-corrected chi connectivity index (χ1v) is 11.8. The summed E-state index contributed by atoms with van der Waals surface area (Å²) in [7, 11) is 3.33. The second kappa shape index (κ2) is 10.1. The summed E-state index contributed by atoms with van der Waals surface area (Å²) in [6, 6.07) is 15.3. The molecule has 31 heavy (non-hydrogen) atoms. The van der Waals surface area contributed by atoms with Gasteiger partial charge in [-0.3, -0.25) is 9.36 Å². The Morgan fingerprint density at radius 1 is 1.06 bits per heavy atom. The predicted molar refractivity (Wildman–Crippen MR) is 126 cm³/mol. The van der Waals surface area contributed by atoms with Gasteiger partial charge in [0.2, 0.25) is 0 Å². The van der Waals surface area contributed by atoms with Gasteiger partial charge in [-0.2, -0.15) is 0 Å². The third-order valence-corrected chi connectivity index (χ3v) is 6.73. The van der Waals surface area contributed by atoms with E-state index in [9.17, 15) is 4.79 Å². The zero-order valence-corrected chi connectivity index (χ0v) is 19.0. The van der Waals surface area contributed by atoms with Crippen LogP contribution in [0, 0.1) is 0 Å². The molecule has 4 rings (SSSR count). The molecular formula is C23H23N3O3S2. The van der Waals surface area contributed by atoms with Gasteiger partial charge in [0.25, 0.3) is 5.56 Å². The number of hydrogen-bond donors (Lipinski definition) is 0. The van der Waals surface area contributed by atoms with Crippen molar-refractivity contribution in [2.75, 3.05) is 20.8 Å². The van der Waals surface area contributed by atoms with Gasteiger partial charge >= 0.3 is 0 Å². The molecule has 0 amide bonds. The molecule has 0 atom stereocenters. The molecule has 0 unspecified atom stereocenters. The molecule has 0 aliphatic carbocycles. The van der Waals surface area contributed by atoms with Crippen LogP contribution in [-0.2, 0) is 17.0 Å². The third-order valence-electron chi connectivity index (χ3n) is 4.80. The van der Waals surface area contributed by atoms with E-state index >= 15 is 0 Å². The van der Waals surface area contributed by atoms with E-state index in [0.29, 0.717) is 35.0 Å². The minimum Gasteiger partial charge on any atom is -0.496 e. The summed E-state index contributed by atoms with van der Waals surface area (Å²) in [5.41, 5.74) is 2.62. The minimum atomic E-state index is -0.0165. The highest BCUT2D eigenvalue weighted by atomic mass is 32.2. The number of aromatic nitrogens is 3. The van der Waals surface area contributed by atoms with Crippen LogP contribution in [0.1, 0.15) is 12.1 Å². The minimum absolute atomic E-state index is 0.0165. The van der Waals surface area contributed by atoms with E-state index in [1.165, 1.54) is 11.8 Å². The smallest absolute Gasteiger partial charge is 0.262 e. The maximum atomic E-state index is 13.1. The third kappa shape index (κ3) is 4.81. The first-order valence-electron chi connectivity index (χ1n) is 9.90. The van der Waals surface area contributed by atoms with E-state index in [-0.39, 0.29) is 5.56 Å². The van der Waals surface area contributed by atoms with Gasteiger partial charge in [0.15, 0.2) is 5.16 Å². The molecule has 4 aromatic rings. The molecule has 0 radical (unpaired) electrons. The van der Waals surface area contributed by atoms with Crippen molar-refractivity contribution in [3.8, 4) is 16.3 Å². The number of para-hydroxylation sites is 2. The van der Waals surface area contributed by atoms with Crippen molar-refractivity contribution < 1.29 is 9.47 Å². The molecule has 160 valence electrons. The molecule has 2 heterocycles. The molecule has 0 fully saturated rings. The normalized spacial score (nSPS) is 11.2. The monoisotopic (exact) mass is 453 g/mol. The molecule has 0 aliphatic rings. The van der Waals surface area contributed by atoms with Gasteiger partial charge in [-0.25, -0.2) is 9.97 Å². The number of thiazole rings is 1. The van der Waals surface area contributed by atoms with Crippen molar-refractivity contribution in [1.29, 1.82) is 0 Å². The SMILES string of the molecule is COCCCn1c(SCc2csc(-c3ccccc3OC)n2)nc2ccccc2c1=O. The van der Waals surface area contributed by atoms with Crippen LogP contribution < -0.4 is 10.3 Å². The molecule has 0 saturated carbocycles. The van der Waals surface area contributed by atoms with Crippen molar-refractivity contribution in [3.05, 3.63) is 70.0 Å². The van der Waals surface area contributed by atoms with Crippen molar-refractivity contribution in [2.24, 2.45) is 0 Å². The lowest BCUT2D eigenvalue weighted by Crippen LogP contribution is -2.24. The van der Waals surface area contributed by atoms with E-state index in [0.717, 1.165) is 28.4 Å². The average Bonchev–Trinajstić information content (AvgIpc) is 3.28. The lowest BCUT2D eigenvalue weighted by atomic mass is 10.2. The lowest BCUT2D eigenvalue weighted by Gasteiger charge is -2.12. The molecule has 2 aromatic carbocycles. The number of hydrogen-bond acceptors (Lipinski definition) is 7. The van der Waals surface area contributed by atoms with Crippen LogP contribution in [0.5, 0.6) is 5.75 Å². The summed E-state index contributed by atoms with van der Waals surface area (Å²) in [5.74, 6) is 1.43. The summed E-state index contributed by atoms with van der Waals surface area (Å²) >= 11 is 3.11. The average molecular weight is 454 g/mol. The summed E-state index contributed by atoms with van der Waals surface area (Å²) in [4.78, 5) is 22.6. The maximum absolute atomic E-state index is 13.1. The Morgan fingerprint density at radius 2 is 1.87 bits per heavy atom. The summed E-state index contributed by atoms with van der Waals surface area (Å²) in [5, 5.41) is 4.29. The second-order valence-electron chi connectivity index (χ2n) is 6.85. The van der Waals surface area contributed by atoms with Crippen LogP contribution in [0.25, 0.3) is 21.5 Å². The highest BCUT2D eigenvalue weighted by Crippen LogP contribution is 2.33. The largest absolute Gasteiger partial charge is 0.496 e. The van der Waals surface area contributed by atoms with E-state index < -0.39 is 0 Å². The van der Waals surface area contributed by atoms with Crippen molar-refractivity contribution in [2.45, 2.75) is 23.9 Å². The summed E-state index contributed by atoms with van der Waals surface area (Å²) in [6.07, 6.45) is 0.749. The quantitative estimate of drug-likeness (QED) is 0.205. The topological polar surface area (TPSA) is 66.2 Å². The van der Waals surface area contributed by atoms with Crippen molar-refractivity contribution >= 4 is 34.0 Å². The Kier molecular flexibility index (Phi) is 7.01. The molecule has 8 heteroatoms. The fraction of sp³-hybridized carbons (Fsp3) is 0.261. The van der Waals surface area contributed by atoms with Gasteiger partial charge in [0.1, 0.15) is 10.8 Å². The number of ether oxygens (including phenoxy) is 2. The van der Waals surface area contributed by atoms with Gasteiger partial charge < -0.3 is 9.47 Å². The highest BCUT2D eigenvalue weighted by molar-refractivity contribution is 7.98. The van der Waals surface area contributed by atoms with Crippen LogP contribution in [0.3, 0.4) is 0 Å². The van der Waals surface area contributed by atoms with Crippen molar-refractivity contribution in [3.63, 3.8) is 0 Å². The summed E-state index contributed by atoms with van der Waals surface area (Å²) in [6.45, 7) is 1.16. The lowest BCUT2D eigenvalue weighted by molar-refractivity contribution is 0.189. The number of methoxy groups -OCH3 is 2. The summed E-state index contributed by atoms with van der Waals surface area (Å²) < 4.78 is 12.4. The van der Waals surface area contributed by atoms with Crippen LogP contribution in [0.15, 0.2) is 63.9 Å².